The van der Waals surface area contributed by atoms with Gasteiger partial charge in [-0.05, 0) is 40.2 Å². The third-order valence-electron chi connectivity index (χ3n) is 6.16. The molecule has 2 N–H and O–H groups in total. The monoisotopic (exact) mass is 410 g/mol. The van der Waals surface area contributed by atoms with E-state index in [0.717, 1.165) is 23.1 Å². The van der Waals surface area contributed by atoms with Crippen LogP contribution in [0.25, 0.3) is 0 Å². The molecular formula is C27H38O3. The van der Waals surface area contributed by atoms with Crippen molar-refractivity contribution in [2.75, 3.05) is 6.61 Å². The summed E-state index contributed by atoms with van der Waals surface area (Å²) in [6, 6.07) is 0. The summed E-state index contributed by atoms with van der Waals surface area (Å²) < 4.78 is 6.19. The Morgan fingerprint density at radius 1 is 0.867 bits per heavy atom. The standard InChI is InChI=1S/C27H38O3/c1-21(11-8-7-9-12-23(3)16-18-28)13-10-14-22(2)15-17-27-25(4,5)19-24(29)20-26(27,6)30-27/h7-17,24,28-29H,18-20H2,1-6H3/b8-7+,12-9+,13-10+,17-15+,21-11+,22-14-,23-16+/t24-,26+,27-/m0/s1. The molecular weight excluding hydrogens is 372 g/mol. The van der Waals surface area contributed by atoms with Gasteiger partial charge in [0.05, 0.1) is 12.7 Å². The Morgan fingerprint density at radius 2 is 1.50 bits per heavy atom. The zero-order chi connectivity index (χ0) is 22.4. The Balaban J connectivity index is 1.94. The smallest absolute Gasteiger partial charge is 0.121 e. The Labute approximate surface area is 182 Å². The molecule has 164 valence electrons. The number of fused-ring (bicyclic) bond motifs is 1. The number of allylic oxidation sites excluding steroid dienone is 12. The minimum absolute atomic E-state index is 0.0695. The third kappa shape index (κ3) is 5.81. The molecule has 3 atom stereocenters. The molecule has 0 aromatic rings. The molecule has 0 aromatic heterocycles. The van der Waals surface area contributed by atoms with Crippen molar-refractivity contribution in [3.63, 3.8) is 0 Å². The summed E-state index contributed by atoms with van der Waals surface area (Å²) in [4.78, 5) is 0. The second kappa shape index (κ2) is 9.91. The fraction of sp³-hybridized carbons (Fsp3) is 0.481. The molecule has 2 rings (SSSR count). The van der Waals surface area contributed by atoms with Crippen LogP contribution in [0.4, 0.5) is 0 Å². The van der Waals surface area contributed by atoms with Crippen LogP contribution in [0.5, 0.6) is 0 Å². The fourth-order valence-electron chi connectivity index (χ4n) is 4.48. The minimum Gasteiger partial charge on any atom is -0.393 e. The average Bonchev–Trinajstić information content (AvgIpc) is 3.25. The maximum absolute atomic E-state index is 10.2. The topological polar surface area (TPSA) is 53.0 Å². The van der Waals surface area contributed by atoms with Gasteiger partial charge in [0.1, 0.15) is 11.2 Å². The van der Waals surface area contributed by atoms with Crippen molar-refractivity contribution in [1.82, 2.24) is 0 Å². The Kier molecular flexibility index (Phi) is 8.04. The van der Waals surface area contributed by atoms with Crippen LogP contribution in [0.2, 0.25) is 0 Å². The summed E-state index contributed by atoms with van der Waals surface area (Å²) in [5, 5.41) is 19.0. The number of rotatable bonds is 8. The molecule has 1 saturated carbocycles. The summed E-state index contributed by atoms with van der Waals surface area (Å²) in [5.74, 6) is 0. The second-order valence-corrected chi connectivity index (χ2v) is 9.40. The lowest BCUT2D eigenvalue weighted by atomic mass is 9.63. The molecule has 0 amide bonds. The van der Waals surface area contributed by atoms with Crippen LogP contribution < -0.4 is 0 Å². The van der Waals surface area contributed by atoms with Gasteiger partial charge in [-0.15, -0.1) is 0 Å². The molecule has 3 nitrogen and oxygen atoms in total. The molecule has 3 heteroatoms. The summed E-state index contributed by atoms with van der Waals surface area (Å²) in [7, 11) is 0. The van der Waals surface area contributed by atoms with E-state index >= 15 is 0 Å². The zero-order valence-corrected chi connectivity index (χ0v) is 19.4. The van der Waals surface area contributed by atoms with E-state index in [2.05, 4.69) is 71.1 Å². The highest BCUT2D eigenvalue weighted by Crippen LogP contribution is 2.66. The van der Waals surface area contributed by atoms with Crippen LogP contribution in [0.1, 0.15) is 54.4 Å². The number of ether oxygens (including phenoxy) is 1. The van der Waals surface area contributed by atoms with Crippen molar-refractivity contribution in [3.8, 4) is 0 Å². The van der Waals surface area contributed by atoms with Gasteiger partial charge < -0.3 is 14.9 Å². The second-order valence-electron chi connectivity index (χ2n) is 9.40. The third-order valence-corrected chi connectivity index (χ3v) is 6.16. The predicted molar refractivity (Wildman–Crippen MR) is 126 cm³/mol. The number of epoxide rings is 1. The summed E-state index contributed by atoms with van der Waals surface area (Å²) in [6.07, 6.45) is 23.5. The van der Waals surface area contributed by atoms with E-state index < -0.39 is 0 Å². The van der Waals surface area contributed by atoms with E-state index in [1.165, 1.54) is 0 Å². The first-order chi connectivity index (χ1) is 14.1. The summed E-state index contributed by atoms with van der Waals surface area (Å²) >= 11 is 0. The van der Waals surface area contributed by atoms with Crippen LogP contribution in [0, 0.1) is 5.41 Å². The van der Waals surface area contributed by atoms with Gasteiger partial charge in [0.15, 0.2) is 0 Å². The summed E-state index contributed by atoms with van der Waals surface area (Å²) in [6.45, 7) is 12.7. The molecule has 2 fully saturated rings. The first-order valence-electron chi connectivity index (χ1n) is 10.8. The lowest BCUT2D eigenvalue weighted by molar-refractivity contribution is 0.0515. The largest absolute Gasteiger partial charge is 0.393 e. The maximum atomic E-state index is 10.2. The molecule has 30 heavy (non-hydrogen) atoms. The molecule has 0 aromatic carbocycles. The first-order valence-corrected chi connectivity index (χ1v) is 10.8. The van der Waals surface area contributed by atoms with Crippen molar-refractivity contribution < 1.29 is 14.9 Å². The van der Waals surface area contributed by atoms with Gasteiger partial charge in [0, 0.05) is 11.8 Å². The van der Waals surface area contributed by atoms with Crippen LogP contribution in [0.3, 0.4) is 0 Å². The zero-order valence-electron chi connectivity index (χ0n) is 19.4. The highest BCUT2D eigenvalue weighted by molar-refractivity contribution is 5.36. The Bertz CT molecular complexity index is 819. The number of hydrogen-bond acceptors (Lipinski definition) is 3. The number of aliphatic hydroxyl groups excluding tert-OH is 2. The van der Waals surface area contributed by atoms with Crippen LogP contribution in [-0.4, -0.2) is 34.1 Å². The van der Waals surface area contributed by atoms with E-state index in [0.29, 0.717) is 6.42 Å². The molecule has 1 heterocycles. The van der Waals surface area contributed by atoms with Gasteiger partial charge in [-0.2, -0.15) is 0 Å². The highest BCUT2D eigenvalue weighted by atomic mass is 16.6. The van der Waals surface area contributed by atoms with Crippen molar-refractivity contribution in [2.24, 2.45) is 5.41 Å². The van der Waals surface area contributed by atoms with Crippen LogP contribution >= 0.6 is 0 Å². The van der Waals surface area contributed by atoms with E-state index in [1.54, 1.807) is 6.08 Å². The number of hydrogen-bond donors (Lipinski definition) is 2. The Morgan fingerprint density at radius 3 is 2.17 bits per heavy atom. The van der Waals surface area contributed by atoms with E-state index in [9.17, 15) is 5.11 Å². The van der Waals surface area contributed by atoms with E-state index in [1.807, 2.05) is 31.2 Å². The lowest BCUT2D eigenvalue weighted by Gasteiger charge is -2.39. The van der Waals surface area contributed by atoms with E-state index in [4.69, 9.17) is 9.84 Å². The lowest BCUT2D eigenvalue weighted by Crippen LogP contribution is -2.46. The molecule has 1 aliphatic carbocycles. The molecule has 0 bridgehead atoms. The van der Waals surface area contributed by atoms with Gasteiger partial charge in [0.25, 0.3) is 0 Å². The van der Waals surface area contributed by atoms with Crippen molar-refractivity contribution in [3.05, 3.63) is 83.6 Å². The van der Waals surface area contributed by atoms with E-state index in [-0.39, 0.29) is 29.3 Å². The quantitative estimate of drug-likeness (QED) is 0.396. The van der Waals surface area contributed by atoms with Gasteiger partial charge in [0.2, 0.25) is 0 Å². The van der Waals surface area contributed by atoms with Gasteiger partial charge in [-0.3, -0.25) is 0 Å². The van der Waals surface area contributed by atoms with Crippen molar-refractivity contribution in [2.45, 2.75) is 71.7 Å². The molecule has 2 aliphatic rings. The minimum atomic E-state index is -0.283. The Hall–Kier alpha value is -1.94. The van der Waals surface area contributed by atoms with Gasteiger partial charge >= 0.3 is 0 Å². The molecule has 0 unspecified atom stereocenters. The SMILES string of the molecule is CC(=C/C=C/C(C)=C/C=C/C=C/C(C)=C/CO)/C=C/[C@@]12O[C@]1(C)C[C@@H](O)CC2(C)C. The van der Waals surface area contributed by atoms with Crippen molar-refractivity contribution in [1.29, 1.82) is 0 Å². The predicted octanol–water partition coefficient (Wildman–Crippen LogP) is 5.75. The maximum Gasteiger partial charge on any atom is 0.121 e. The molecule has 0 spiro atoms. The molecule has 1 saturated heterocycles. The average molecular weight is 411 g/mol. The van der Waals surface area contributed by atoms with Crippen LogP contribution in [0.15, 0.2) is 83.6 Å². The van der Waals surface area contributed by atoms with Gasteiger partial charge in [-0.25, -0.2) is 0 Å². The number of aliphatic hydroxyl groups is 2. The highest BCUT2D eigenvalue weighted by Gasteiger charge is 2.74. The molecule has 1 aliphatic heterocycles. The first kappa shape index (κ1) is 24.3. The summed E-state index contributed by atoms with van der Waals surface area (Å²) in [5.41, 5.74) is 2.75. The molecule has 0 radical (unpaired) electrons. The fourth-order valence-corrected chi connectivity index (χ4v) is 4.48. The van der Waals surface area contributed by atoms with Gasteiger partial charge in [-0.1, -0.05) is 91.3 Å². The van der Waals surface area contributed by atoms with Crippen LogP contribution in [-0.2, 0) is 4.74 Å². The normalized spacial score (nSPS) is 32.7. The van der Waals surface area contributed by atoms with Crippen molar-refractivity contribution >= 4 is 0 Å².